The number of hydrogen-bond acceptors (Lipinski definition) is 9. The third-order valence-electron chi connectivity index (χ3n) is 6.37. The van der Waals surface area contributed by atoms with Gasteiger partial charge < -0.3 is 18.9 Å². The van der Waals surface area contributed by atoms with Gasteiger partial charge in [-0.15, -0.1) is 0 Å². The van der Waals surface area contributed by atoms with E-state index in [-0.39, 0.29) is 13.2 Å². The van der Waals surface area contributed by atoms with Gasteiger partial charge in [-0.05, 0) is 46.6 Å². The predicted octanol–water partition coefficient (Wildman–Crippen LogP) is 7.40. The SMILES string of the molecule is O=C(/C=C/c1ccccc1)OCC(OC(=O)/C=C/c1ccccc1)SC(COC(=O)/C=C/c1ccccc1)OC(=O)/C=C/c1ccccc1. The zero-order valence-electron chi connectivity index (χ0n) is 26.4. The number of ether oxygens (including phenoxy) is 4. The summed E-state index contributed by atoms with van der Waals surface area (Å²) in [5, 5.41) is 0. The van der Waals surface area contributed by atoms with Crippen LogP contribution in [0.2, 0.25) is 0 Å². The normalized spacial score (nSPS) is 12.6. The van der Waals surface area contributed by atoms with Crippen molar-refractivity contribution in [2.24, 2.45) is 0 Å². The molecule has 4 aromatic carbocycles. The quantitative estimate of drug-likeness (QED) is 0.0520. The second-order valence-corrected chi connectivity index (χ2v) is 11.4. The minimum Gasteiger partial charge on any atom is -0.458 e. The summed E-state index contributed by atoms with van der Waals surface area (Å²) in [5.74, 6) is -2.81. The van der Waals surface area contributed by atoms with Gasteiger partial charge in [-0.2, -0.15) is 0 Å². The van der Waals surface area contributed by atoms with Crippen LogP contribution in [0.25, 0.3) is 24.3 Å². The van der Waals surface area contributed by atoms with E-state index in [1.165, 1.54) is 24.3 Å². The largest absolute Gasteiger partial charge is 0.458 e. The summed E-state index contributed by atoms with van der Waals surface area (Å²) >= 11 is 0.846. The Morgan fingerprint density at radius 1 is 0.429 bits per heavy atom. The molecule has 9 heteroatoms. The van der Waals surface area contributed by atoms with E-state index in [0.717, 1.165) is 34.0 Å². The van der Waals surface area contributed by atoms with Gasteiger partial charge in [-0.3, -0.25) is 0 Å². The van der Waals surface area contributed by atoms with Crippen LogP contribution in [-0.2, 0) is 38.1 Å². The molecular formula is C40H34O8S. The lowest BCUT2D eigenvalue weighted by molar-refractivity contribution is -0.149. The Labute approximate surface area is 289 Å². The molecule has 2 unspecified atom stereocenters. The molecule has 0 aliphatic carbocycles. The number of carbonyl (C=O) groups is 4. The van der Waals surface area contributed by atoms with Gasteiger partial charge in [0.1, 0.15) is 13.2 Å². The molecule has 0 amide bonds. The second-order valence-electron chi connectivity index (χ2n) is 10.1. The maximum atomic E-state index is 12.8. The number of benzene rings is 4. The number of thioether (sulfide) groups is 1. The summed E-state index contributed by atoms with van der Waals surface area (Å²) in [6.45, 7) is -0.771. The van der Waals surface area contributed by atoms with Crippen molar-refractivity contribution >= 4 is 59.9 Å². The molecule has 0 saturated heterocycles. The van der Waals surface area contributed by atoms with Gasteiger partial charge >= 0.3 is 23.9 Å². The van der Waals surface area contributed by atoms with E-state index in [2.05, 4.69) is 0 Å². The van der Waals surface area contributed by atoms with Crippen LogP contribution in [0.5, 0.6) is 0 Å². The third kappa shape index (κ3) is 14.6. The Bertz CT molecular complexity index is 1620. The van der Waals surface area contributed by atoms with Crippen molar-refractivity contribution in [3.8, 4) is 0 Å². The summed E-state index contributed by atoms with van der Waals surface area (Å²) < 4.78 is 22.0. The molecule has 0 spiro atoms. The van der Waals surface area contributed by atoms with Crippen LogP contribution in [0.3, 0.4) is 0 Å². The first-order chi connectivity index (χ1) is 23.9. The van der Waals surface area contributed by atoms with E-state index in [1.54, 1.807) is 24.3 Å². The number of esters is 4. The highest BCUT2D eigenvalue weighted by atomic mass is 32.2. The topological polar surface area (TPSA) is 105 Å². The molecule has 2 atom stereocenters. The van der Waals surface area contributed by atoms with Crippen molar-refractivity contribution < 1.29 is 38.1 Å². The lowest BCUT2D eigenvalue weighted by Crippen LogP contribution is -2.29. The lowest BCUT2D eigenvalue weighted by Gasteiger charge is -2.22. The van der Waals surface area contributed by atoms with E-state index in [0.29, 0.717) is 0 Å². The minimum absolute atomic E-state index is 0.386. The molecule has 0 fully saturated rings. The molecule has 0 aromatic heterocycles. The standard InChI is InChI=1S/C40H34O8S/c41-35(25-21-31-13-5-1-6-14-31)45-29-39(47-37(43)27-23-33-17-9-3-10-18-33)49-40(48-38(44)28-24-34-19-11-4-12-20-34)30-46-36(42)26-22-32-15-7-2-8-16-32/h1-28,39-40H,29-30H2/b25-21+,26-22+,27-23+,28-24+. The highest BCUT2D eigenvalue weighted by Gasteiger charge is 2.25. The van der Waals surface area contributed by atoms with Gasteiger partial charge in [0.25, 0.3) is 0 Å². The zero-order chi connectivity index (χ0) is 34.5. The third-order valence-corrected chi connectivity index (χ3v) is 7.44. The van der Waals surface area contributed by atoms with E-state index >= 15 is 0 Å². The summed E-state index contributed by atoms with van der Waals surface area (Å²) in [6.07, 6.45) is 11.3. The molecule has 0 bridgehead atoms. The lowest BCUT2D eigenvalue weighted by atomic mass is 10.2. The molecule has 0 aliphatic heterocycles. The van der Waals surface area contributed by atoms with Gasteiger partial charge in [-0.1, -0.05) is 133 Å². The van der Waals surface area contributed by atoms with Crippen LogP contribution in [0.1, 0.15) is 22.3 Å². The Kier molecular flexibility index (Phi) is 14.9. The van der Waals surface area contributed by atoms with Crippen LogP contribution < -0.4 is 0 Å². The van der Waals surface area contributed by atoms with E-state index in [1.807, 2.05) is 121 Å². The average Bonchev–Trinajstić information content (AvgIpc) is 3.14. The average molecular weight is 675 g/mol. The fraction of sp³-hybridized carbons (Fsp3) is 0.100. The van der Waals surface area contributed by atoms with E-state index in [9.17, 15) is 19.2 Å². The van der Waals surface area contributed by atoms with Crippen LogP contribution in [0, 0.1) is 0 Å². The van der Waals surface area contributed by atoms with Crippen molar-refractivity contribution in [2.75, 3.05) is 13.2 Å². The predicted molar refractivity (Wildman–Crippen MR) is 191 cm³/mol. The first-order valence-electron chi connectivity index (χ1n) is 15.3. The molecule has 0 heterocycles. The Morgan fingerprint density at radius 3 is 0.980 bits per heavy atom. The maximum absolute atomic E-state index is 12.8. The Hall–Kier alpha value is -5.93. The molecule has 0 saturated carbocycles. The Morgan fingerprint density at radius 2 is 0.694 bits per heavy atom. The number of rotatable bonds is 16. The first kappa shape index (κ1) is 35.9. The van der Waals surface area contributed by atoms with Gasteiger partial charge in [0.15, 0.2) is 10.9 Å². The van der Waals surface area contributed by atoms with Gasteiger partial charge in [-0.25, -0.2) is 19.2 Å². The molecule has 0 radical (unpaired) electrons. The smallest absolute Gasteiger partial charge is 0.332 e. The molecule has 248 valence electrons. The van der Waals surface area contributed by atoms with E-state index in [4.69, 9.17) is 18.9 Å². The number of carbonyl (C=O) groups excluding carboxylic acids is 4. The van der Waals surface area contributed by atoms with Crippen molar-refractivity contribution in [1.82, 2.24) is 0 Å². The van der Waals surface area contributed by atoms with Gasteiger partial charge in [0.2, 0.25) is 0 Å². The summed E-state index contributed by atoms with van der Waals surface area (Å²) in [4.78, 5) is 50.8. The summed E-state index contributed by atoms with van der Waals surface area (Å²) in [6, 6.07) is 36.6. The first-order valence-corrected chi connectivity index (χ1v) is 16.2. The van der Waals surface area contributed by atoms with Crippen molar-refractivity contribution in [1.29, 1.82) is 0 Å². The molecule has 4 aromatic rings. The highest BCUT2D eigenvalue weighted by Crippen LogP contribution is 2.23. The van der Waals surface area contributed by atoms with Crippen LogP contribution in [0.15, 0.2) is 146 Å². The summed E-state index contributed by atoms with van der Waals surface area (Å²) in [5.41, 5.74) is 0.846. The monoisotopic (exact) mass is 674 g/mol. The van der Waals surface area contributed by atoms with Crippen molar-refractivity contribution in [3.05, 3.63) is 168 Å². The van der Waals surface area contributed by atoms with Crippen molar-refractivity contribution in [2.45, 2.75) is 10.9 Å². The second kappa shape index (κ2) is 20.3. The zero-order valence-corrected chi connectivity index (χ0v) is 27.2. The molecule has 8 nitrogen and oxygen atoms in total. The van der Waals surface area contributed by atoms with Gasteiger partial charge in [0, 0.05) is 24.3 Å². The van der Waals surface area contributed by atoms with E-state index < -0.39 is 34.7 Å². The molecule has 0 N–H and O–H groups in total. The van der Waals surface area contributed by atoms with Crippen LogP contribution in [-0.4, -0.2) is 48.0 Å². The molecule has 4 rings (SSSR count). The minimum atomic E-state index is -1.14. The summed E-state index contributed by atoms with van der Waals surface area (Å²) in [7, 11) is 0. The van der Waals surface area contributed by atoms with Crippen molar-refractivity contribution in [3.63, 3.8) is 0 Å². The molecular weight excluding hydrogens is 640 g/mol. The van der Waals surface area contributed by atoms with Gasteiger partial charge in [0.05, 0.1) is 0 Å². The fourth-order valence-corrected chi connectivity index (χ4v) is 4.95. The van der Waals surface area contributed by atoms with Crippen LogP contribution >= 0.6 is 11.8 Å². The Balaban J connectivity index is 1.47. The van der Waals surface area contributed by atoms with Crippen LogP contribution in [0.4, 0.5) is 0 Å². The molecule has 49 heavy (non-hydrogen) atoms. The maximum Gasteiger partial charge on any atom is 0.332 e. The molecule has 0 aliphatic rings. The number of hydrogen-bond donors (Lipinski definition) is 0. The highest BCUT2D eigenvalue weighted by molar-refractivity contribution is 8.00. The fourth-order valence-electron chi connectivity index (χ4n) is 4.02.